The van der Waals surface area contributed by atoms with Gasteiger partial charge in [0.2, 0.25) is 11.8 Å². The smallest absolute Gasteiger partial charge is 0.326 e. The van der Waals surface area contributed by atoms with Crippen LogP contribution in [-0.4, -0.2) is 28.9 Å². The third kappa shape index (κ3) is 13.4. The summed E-state index contributed by atoms with van der Waals surface area (Å²) < 4.78 is 0. The van der Waals surface area contributed by atoms with E-state index in [-0.39, 0.29) is 18.7 Å². The van der Waals surface area contributed by atoms with Gasteiger partial charge in [-0.05, 0) is 31.2 Å². The van der Waals surface area contributed by atoms with Crippen molar-refractivity contribution in [2.75, 3.05) is 0 Å². The number of unbranched alkanes of at least 4 members (excludes halogenated alkanes) is 8. The number of aliphatic carboxylic acids is 1. The molecule has 0 heterocycles. The topological polar surface area (TPSA) is 109 Å². The highest BCUT2D eigenvalue weighted by Gasteiger charge is 2.20. The Bertz CT molecular complexity index is 604. The number of carbonyl (C=O) groups excluding carboxylic acids is 2. The number of aryl methyl sites for hydroxylation is 1. The molecule has 0 fully saturated rings. The number of rotatable bonds is 17. The van der Waals surface area contributed by atoms with E-state index >= 15 is 0 Å². The lowest BCUT2D eigenvalue weighted by Gasteiger charge is -2.13. The fourth-order valence-corrected chi connectivity index (χ4v) is 3.31. The first-order valence-electron chi connectivity index (χ1n) is 10.8. The van der Waals surface area contributed by atoms with E-state index in [4.69, 9.17) is 10.8 Å². The number of carbonyl (C=O) groups is 3. The van der Waals surface area contributed by atoms with Gasteiger partial charge in [0.15, 0.2) is 0 Å². The zero-order valence-corrected chi connectivity index (χ0v) is 17.4. The van der Waals surface area contributed by atoms with Crippen LogP contribution in [0.2, 0.25) is 0 Å². The number of primary amides is 1. The fraction of sp³-hybridized carbons (Fsp3) is 0.609. The molecule has 2 amide bonds. The van der Waals surface area contributed by atoms with Gasteiger partial charge in [-0.2, -0.15) is 0 Å². The van der Waals surface area contributed by atoms with Gasteiger partial charge in [-0.3, -0.25) is 9.59 Å². The second-order valence-corrected chi connectivity index (χ2v) is 7.63. The molecule has 0 aliphatic carbocycles. The summed E-state index contributed by atoms with van der Waals surface area (Å²) in [6.45, 7) is 0. The Balaban J connectivity index is 1.94. The third-order valence-electron chi connectivity index (χ3n) is 5.02. The van der Waals surface area contributed by atoms with Gasteiger partial charge < -0.3 is 16.2 Å². The second-order valence-electron chi connectivity index (χ2n) is 7.63. The summed E-state index contributed by atoms with van der Waals surface area (Å²) in [5, 5.41) is 11.5. The fourth-order valence-electron chi connectivity index (χ4n) is 3.31. The van der Waals surface area contributed by atoms with E-state index < -0.39 is 17.9 Å². The molecule has 0 aromatic heterocycles. The van der Waals surface area contributed by atoms with Crippen LogP contribution in [0.4, 0.5) is 0 Å². The average molecular weight is 405 g/mol. The van der Waals surface area contributed by atoms with Gasteiger partial charge in [0.25, 0.3) is 0 Å². The molecule has 0 saturated heterocycles. The average Bonchev–Trinajstić information content (AvgIpc) is 2.69. The summed E-state index contributed by atoms with van der Waals surface area (Å²) in [6.07, 6.45) is 11.7. The minimum atomic E-state index is -1.14. The molecule has 1 aromatic carbocycles. The van der Waals surface area contributed by atoms with Gasteiger partial charge in [-0.1, -0.05) is 75.3 Å². The molecule has 0 bridgehead atoms. The van der Waals surface area contributed by atoms with Crippen molar-refractivity contribution in [3.8, 4) is 0 Å². The van der Waals surface area contributed by atoms with Gasteiger partial charge >= 0.3 is 5.97 Å². The summed E-state index contributed by atoms with van der Waals surface area (Å²) >= 11 is 0. The molecule has 1 rings (SSSR count). The lowest BCUT2D eigenvalue weighted by atomic mass is 10.0. The Morgan fingerprint density at radius 2 is 1.38 bits per heavy atom. The number of nitrogens with two attached hydrogens (primary N) is 1. The van der Waals surface area contributed by atoms with Crippen molar-refractivity contribution < 1.29 is 19.5 Å². The molecule has 0 spiro atoms. The van der Waals surface area contributed by atoms with Crippen molar-refractivity contribution in [3.63, 3.8) is 0 Å². The van der Waals surface area contributed by atoms with E-state index in [0.717, 1.165) is 25.7 Å². The summed E-state index contributed by atoms with van der Waals surface area (Å²) in [5.41, 5.74) is 6.44. The predicted molar refractivity (Wildman–Crippen MR) is 114 cm³/mol. The van der Waals surface area contributed by atoms with Gasteiger partial charge in [0.05, 0.1) is 0 Å². The standard InChI is InChI=1S/C23H36N2O4/c24-21(26)18-17-20(23(28)29)25-22(27)16-12-7-5-3-1-2-4-6-9-13-19-14-10-8-11-15-19/h8,10-11,14-15,20H,1-7,9,12-13,16-18H2,(H2,24,26)(H,25,27)(H,28,29)/t20-/m0/s1. The van der Waals surface area contributed by atoms with Crippen molar-refractivity contribution in [1.29, 1.82) is 0 Å². The monoisotopic (exact) mass is 404 g/mol. The molecule has 0 aliphatic heterocycles. The molecule has 29 heavy (non-hydrogen) atoms. The molecular formula is C23H36N2O4. The van der Waals surface area contributed by atoms with E-state index in [0.29, 0.717) is 6.42 Å². The number of carboxylic acids is 1. The van der Waals surface area contributed by atoms with E-state index in [2.05, 4.69) is 35.6 Å². The van der Waals surface area contributed by atoms with Gasteiger partial charge in [-0.15, -0.1) is 0 Å². The third-order valence-corrected chi connectivity index (χ3v) is 5.02. The number of nitrogens with one attached hydrogen (secondary N) is 1. The number of amides is 2. The highest BCUT2D eigenvalue weighted by atomic mass is 16.4. The lowest BCUT2D eigenvalue weighted by molar-refractivity contribution is -0.142. The van der Waals surface area contributed by atoms with Crippen LogP contribution >= 0.6 is 0 Å². The zero-order valence-electron chi connectivity index (χ0n) is 17.4. The summed E-state index contributed by atoms with van der Waals surface area (Å²) in [5.74, 6) is -1.98. The van der Waals surface area contributed by atoms with Gasteiger partial charge in [-0.25, -0.2) is 4.79 Å². The maximum Gasteiger partial charge on any atom is 0.326 e. The van der Waals surface area contributed by atoms with Crippen LogP contribution in [-0.2, 0) is 20.8 Å². The number of carboxylic acid groups (broad SMARTS) is 1. The lowest BCUT2D eigenvalue weighted by Crippen LogP contribution is -2.41. The Morgan fingerprint density at radius 1 is 0.828 bits per heavy atom. The number of benzene rings is 1. The first kappa shape index (κ1) is 24.7. The van der Waals surface area contributed by atoms with Crippen LogP contribution in [0, 0.1) is 0 Å². The van der Waals surface area contributed by atoms with Gasteiger partial charge in [0.1, 0.15) is 6.04 Å². The largest absolute Gasteiger partial charge is 0.480 e. The molecular weight excluding hydrogens is 368 g/mol. The minimum Gasteiger partial charge on any atom is -0.480 e. The normalized spacial score (nSPS) is 11.7. The first-order chi connectivity index (χ1) is 14.0. The molecule has 0 aliphatic rings. The van der Waals surface area contributed by atoms with Crippen molar-refractivity contribution in [2.24, 2.45) is 5.73 Å². The molecule has 0 saturated carbocycles. The van der Waals surface area contributed by atoms with E-state index in [1.807, 2.05) is 0 Å². The molecule has 1 atom stereocenters. The Hall–Kier alpha value is -2.37. The highest BCUT2D eigenvalue weighted by molar-refractivity contribution is 5.84. The van der Waals surface area contributed by atoms with Crippen molar-refractivity contribution in [2.45, 2.75) is 89.5 Å². The van der Waals surface area contributed by atoms with E-state index in [9.17, 15) is 14.4 Å². The van der Waals surface area contributed by atoms with Crippen LogP contribution in [0.25, 0.3) is 0 Å². The van der Waals surface area contributed by atoms with Crippen LogP contribution in [0.3, 0.4) is 0 Å². The summed E-state index contributed by atoms with van der Waals surface area (Å²) in [7, 11) is 0. The molecule has 0 radical (unpaired) electrons. The maximum atomic E-state index is 11.9. The first-order valence-corrected chi connectivity index (χ1v) is 10.8. The molecule has 6 heteroatoms. The van der Waals surface area contributed by atoms with Crippen molar-refractivity contribution >= 4 is 17.8 Å². The summed E-state index contributed by atoms with van der Waals surface area (Å²) in [4.78, 5) is 33.7. The number of hydrogen-bond acceptors (Lipinski definition) is 3. The predicted octanol–water partition coefficient (Wildman–Crippen LogP) is 3.97. The van der Waals surface area contributed by atoms with Crippen molar-refractivity contribution in [3.05, 3.63) is 35.9 Å². The molecule has 6 nitrogen and oxygen atoms in total. The van der Waals surface area contributed by atoms with E-state index in [1.165, 1.54) is 44.1 Å². The van der Waals surface area contributed by atoms with Crippen LogP contribution in [0.15, 0.2) is 30.3 Å². The number of hydrogen-bond donors (Lipinski definition) is 3. The minimum absolute atomic E-state index is 0.0295. The SMILES string of the molecule is NC(=O)CC[C@H](NC(=O)CCCCCCCCCCCc1ccccc1)C(=O)O. The molecule has 1 aromatic rings. The molecule has 162 valence electrons. The van der Waals surface area contributed by atoms with E-state index in [1.54, 1.807) is 0 Å². The zero-order chi connectivity index (χ0) is 21.3. The second kappa shape index (κ2) is 15.5. The Labute approximate surface area is 174 Å². The highest BCUT2D eigenvalue weighted by Crippen LogP contribution is 2.12. The van der Waals surface area contributed by atoms with Crippen LogP contribution < -0.4 is 11.1 Å². The van der Waals surface area contributed by atoms with Crippen LogP contribution in [0.1, 0.15) is 82.6 Å². The van der Waals surface area contributed by atoms with Crippen LogP contribution in [0.5, 0.6) is 0 Å². The quantitative estimate of drug-likeness (QED) is 0.341. The maximum absolute atomic E-state index is 11.9. The Morgan fingerprint density at radius 3 is 1.93 bits per heavy atom. The van der Waals surface area contributed by atoms with Gasteiger partial charge in [0, 0.05) is 12.8 Å². The molecule has 0 unspecified atom stereocenters. The molecule has 4 N–H and O–H groups in total. The summed E-state index contributed by atoms with van der Waals surface area (Å²) in [6, 6.07) is 9.56. The van der Waals surface area contributed by atoms with Crippen molar-refractivity contribution in [1.82, 2.24) is 5.32 Å². The Kier molecular flexibility index (Phi) is 13.2.